The zero-order valence-electron chi connectivity index (χ0n) is 12.1. The van der Waals surface area contributed by atoms with Gasteiger partial charge in [0.1, 0.15) is 17.2 Å². The lowest BCUT2D eigenvalue weighted by Gasteiger charge is -2.04. The number of rotatable bonds is 6. The van der Waals surface area contributed by atoms with Crippen molar-refractivity contribution in [2.75, 3.05) is 19.0 Å². The van der Waals surface area contributed by atoms with E-state index in [1.807, 2.05) is 6.92 Å². The maximum atomic E-state index is 13.0. The highest BCUT2D eigenvalue weighted by molar-refractivity contribution is 7.99. The molecule has 3 rings (SSSR count). The molecule has 2 heterocycles. The monoisotopic (exact) mass is 318 g/mol. The first-order valence-corrected chi connectivity index (χ1v) is 7.93. The van der Waals surface area contributed by atoms with Crippen molar-refractivity contribution in [1.82, 2.24) is 19.7 Å². The summed E-state index contributed by atoms with van der Waals surface area (Å²) >= 11 is 1.61. The van der Waals surface area contributed by atoms with Crippen molar-refractivity contribution in [2.24, 2.45) is 0 Å². The van der Waals surface area contributed by atoms with Crippen LogP contribution in [0.2, 0.25) is 0 Å². The third-order valence-corrected chi connectivity index (χ3v) is 4.04. The zero-order chi connectivity index (χ0) is 15.4. The molecule has 0 radical (unpaired) electrons. The maximum Gasteiger partial charge on any atom is 0.167 e. The van der Waals surface area contributed by atoms with Crippen LogP contribution in [0.1, 0.15) is 6.92 Å². The van der Waals surface area contributed by atoms with Crippen LogP contribution in [0.4, 0.5) is 4.39 Å². The minimum absolute atomic E-state index is 0.276. The summed E-state index contributed by atoms with van der Waals surface area (Å²) in [4.78, 5) is 8.60. The van der Waals surface area contributed by atoms with E-state index in [9.17, 15) is 4.39 Å². The number of ether oxygens (including phenoxy) is 1. The first-order valence-electron chi connectivity index (χ1n) is 6.95. The molecular weight excluding hydrogens is 303 g/mol. The molecule has 1 aromatic carbocycles. The van der Waals surface area contributed by atoms with Gasteiger partial charge in [0.15, 0.2) is 5.65 Å². The van der Waals surface area contributed by atoms with Crippen LogP contribution in [0.25, 0.3) is 16.7 Å². The van der Waals surface area contributed by atoms with Gasteiger partial charge in [0.05, 0.1) is 23.9 Å². The van der Waals surface area contributed by atoms with Crippen molar-refractivity contribution in [3.8, 4) is 5.69 Å². The van der Waals surface area contributed by atoms with Gasteiger partial charge in [0.2, 0.25) is 0 Å². The highest BCUT2D eigenvalue weighted by Crippen LogP contribution is 2.25. The quantitative estimate of drug-likeness (QED) is 0.397. The van der Waals surface area contributed by atoms with E-state index in [0.717, 1.165) is 21.9 Å². The van der Waals surface area contributed by atoms with Crippen molar-refractivity contribution in [2.45, 2.75) is 11.9 Å². The van der Waals surface area contributed by atoms with E-state index in [1.54, 1.807) is 34.8 Å². The number of fused-ring (bicyclic) bond motifs is 1. The number of nitrogens with zero attached hydrogens (tertiary/aromatic N) is 4. The van der Waals surface area contributed by atoms with Crippen LogP contribution in [-0.2, 0) is 4.74 Å². The Hall–Kier alpha value is -1.99. The van der Waals surface area contributed by atoms with Crippen molar-refractivity contribution in [3.63, 3.8) is 0 Å². The number of halogens is 1. The average Bonchev–Trinajstić information content (AvgIpc) is 2.97. The third kappa shape index (κ3) is 3.10. The Bertz CT molecular complexity index is 760. The second kappa shape index (κ2) is 6.85. The fourth-order valence-electron chi connectivity index (χ4n) is 2.05. The van der Waals surface area contributed by atoms with Crippen molar-refractivity contribution >= 4 is 22.8 Å². The maximum absolute atomic E-state index is 13.0. The Morgan fingerprint density at radius 2 is 2.05 bits per heavy atom. The van der Waals surface area contributed by atoms with E-state index >= 15 is 0 Å². The summed E-state index contributed by atoms with van der Waals surface area (Å²) in [7, 11) is 0. The summed E-state index contributed by atoms with van der Waals surface area (Å²) in [6.07, 6.45) is 3.26. The van der Waals surface area contributed by atoms with Gasteiger partial charge in [-0.25, -0.2) is 19.0 Å². The van der Waals surface area contributed by atoms with E-state index in [-0.39, 0.29) is 5.82 Å². The lowest BCUT2D eigenvalue weighted by molar-refractivity contribution is 0.164. The van der Waals surface area contributed by atoms with Crippen molar-refractivity contribution < 1.29 is 9.13 Å². The van der Waals surface area contributed by atoms with Gasteiger partial charge in [-0.05, 0) is 31.2 Å². The molecule has 7 heteroatoms. The van der Waals surface area contributed by atoms with Gasteiger partial charge >= 0.3 is 0 Å². The molecule has 5 nitrogen and oxygen atoms in total. The summed E-state index contributed by atoms with van der Waals surface area (Å²) in [5.74, 6) is 0.545. The average molecular weight is 318 g/mol. The summed E-state index contributed by atoms with van der Waals surface area (Å²) in [5.41, 5.74) is 1.47. The van der Waals surface area contributed by atoms with Crippen LogP contribution in [-0.4, -0.2) is 38.7 Å². The number of hydrogen-bond donors (Lipinski definition) is 0. The number of benzene rings is 1. The molecule has 0 aliphatic heterocycles. The van der Waals surface area contributed by atoms with Gasteiger partial charge in [-0.1, -0.05) is 0 Å². The normalized spacial score (nSPS) is 11.2. The molecule has 0 bridgehead atoms. The summed E-state index contributed by atoms with van der Waals surface area (Å²) in [6.45, 7) is 3.36. The highest BCUT2D eigenvalue weighted by Gasteiger charge is 2.11. The van der Waals surface area contributed by atoms with Gasteiger partial charge in [0.25, 0.3) is 0 Å². The molecule has 114 valence electrons. The fourth-order valence-corrected chi connectivity index (χ4v) is 2.87. The van der Waals surface area contributed by atoms with E-state index < -0.39 is 0 Å². The molecule has 0 aliphatic rings. The van der Waals surface area contributed by atoms with Crippen LogP contribution < -0.4 is 0 Å². The molecule has 0 amide bonds. The Kier molecular flexibility index (Phi) is 4.65. The Morgan fingerprint density at radius 1 is 1.23 bits per heavy atom. The molecule has 22 heavy (non-hydrogen) atoms. The predicted molar refractivity (Wildman–Crippen MR) is 83.8 cm³/mol. The lowest BCUT2D eigenvalue weighted by Crippen LogP contribution is -1.99. The second-order valence-corrected chi connectivity index (χ2v) is 5.58. The second-order valence-electron chi connectivity index (χ2n) is 4.49. The fraction of sp³-hybridized carbons (Fsp3) is 0.267. The summed E-state index contributed by atoms with van der Waals surface area (Å²) in [6, 6.07) is 6.15. The SMILES string of the molecule is CCOCCSc1ncnc2c1cnn2-c1ccc(F)cc1. The van der Waals surface area contributed by atoms with E-state index in [1.165, 1.54) is 18.5 Å². The topological polar surface area (TPSA) is 52.8 Å². The Morgan fingerprint density at radius 3 is 2.82 bits per heavy atom. The minimum Gasteiger partial charge on any atom is -0.381 e. The molecule has 0 aliphatic carbocycles. The minimum atomic E-state index is -0.276. The Balaban J connectivity index is 1.90. The molecule has 0 spiro atoms. The largest absolute Gasteiger partial charge is 0.381 e. The lowest BCUT2D eigenvalue weighted by atomic mass is 10.3. The van der Waals surface area contributed by atoms with Gasteiger partial charge in [-0.15, -0.1) is 11.8 Å². The van der Waals surface area contributed by atoms with E-state index in [0.29, 0.717) is 18.9 Å². The van der Waals surface area contributed by atoms with Crippen LogP contribution in [0.5, 0.6) is 0 Å². The molecule has 0 saturated carbocycles. The van der Waals surface area contributed by atoms with Gasteiger partial charge < -0.3 is 4.74 Å². The number of aromatic nitrogens is 4. The van der Waals surface area contributed by atoms with Gasteiger partial charge in [-0.3, -0.25) is 0 Å². The van der Waals surface area contributed by atoms with Crippen LogP contribution >= 0.6 is 11.8 Å². The van der Waals surface area contributed by atoms with Gasteiger partial charge in [0, 0.05) is 12.4 Å². The number of hydrogen-bond acceptors (Lipinski definition) is 5. The first-order chi connectivity index (χ1) is 10.8. The predicted octanol–water partition coefficient (Wildman–Crippen LogP) is 3.08. The molecular formula is C15H15FN4OS. The smallest absolute Gasteiger partial charge is 0.167 e. The zero-order valence-corrected chi connectivity index (χ0v) is 12.9. The molecule has 2 aromatic heterocycles. The summed E-state index contributed by atoms with van der Waals surface area (Å²) in [5, 5.41) is 6.10. The van der Waals surface area contributed by atoms with Crippen LogP contribution in [0.3, 0.4) is 0 Å². The standard InChI is InChI=1S/C15H15FN4OS/c1-2-21-7-8-22-15-13-9-19-20(14(13)17-10-18-15)12-5-3-11(16)4-6-12/h3-6,9-10H,2,7-8H2,1H3. The van der Waals surface area contributed by atoms with Crippen molar-refractivity contribution in [3.05, 3.63) is 42.6 Å². The Labute approximate surface area is 131 Å². The molecule has 3 aromatic rings. The number of thioether (sulfide) groups is 1. The summed E-state index contributed by atoms with van der Waals surface area (Å²) < 4.78 is 20.1. The first kappa shape index (κ1) is 14.9. The van der Waals surface area contributed by atoms with Gasteiger partial charge in [-0.2, -0.15) is 5.10 Å². The highest BCUT2D eigenvalue weighted by atomic mass is 32.2. The van der Waals surface area contributed by atoms with Crippen molar-refractivity contribution in [1.29, 1.82) is 0 Å². The van der Waals surface area contributed by atoms with E-state index in [2.05, 4.69) is 15.1 Å². The molecule has 0 saturated heterocycles. The molecule has 0 atom stereocenters. The molecule has 0 unspecified atom stereocenters. The third-order valence-electron chi connectivity index (χ3n) is 3.07. The molecule has 0 fully saturated rings. The molecule has 0 N–H and O–H groups in total. The van der Waals surface area contributed by atoms with E-state index in [4.69, 9.17) is 4.74 Å². The van der Waals surface area contributed by atoms with Crippen LogP contribution in [0.15, 0.2) is 41.8 Å². The van der Waals surface area contributed by atoms with Crippen LogP contribution in [0, 0.1) is 5.82 Å².